The van der Waals surface area contributed by atoms with Crippen LogP contribution in [0.4, 0.5) is 17.1 Å². The molecule has 0 aliphatic heterocycles. The molecule has 1 heterocycles. The minimum atomic E-state index is -0.442. The van der Waals surface area contributed by atoms with Crippen LogP contribution in [0, 0.1) is 17.0 Å². The van der Waals surface area contributed by atoms with Gasteiger partial charge in [0.15, 0.2) is 0 Å². The van der Waals surface area contributed by atoms with Crippen LogP contribution in [-0.2, 0) is 6.54 Å². The maximum absolute atomic E-state index is 10.8. The van der Waals surface area contributed by atoms with Gasteiger partial charge in [0.2, 0.25) is 0 Å². The highest BCUT2D eigenvalue weighted by Gasteiger charge is 2.09. The Morgan fingerprint density at radius 1 is 1.37 bits per heavy atom. The fraction of sp³-hybridized carbons (Fsp3) is 0.167. The topological polar surface area (TPSA) is 93.2 Å². The minimum absolute atomic E-state index is 0.000788. The van der Waals surface area contributed by atoms with E-state index >= 15 is 0 Å². The third-order valence-corrected chi connectivity index (χ3v) is 3.74. The number of hydrogen-bond acceptors (Lipinski definition) is 6. The molecule has 0 aliphatic carbocycles. The average molecular weight is 278 g/mol. The molecule has 0 aliphatic rings. The summed E-state index contributed by atoms with van der Waals surface area (Å²) in [5.74, 6) is 5.30. The van der Waals surface area contributed by atoms with E-state index in [1.54, 1.807) is 17.4 Å². The first-order valence-corrected chi connectivity index (χ1v) is 6.51. The van der Waals surface area contributed by atoms with Crippen LogP contribution in [0.2, 0.25) is 0 Å². The Bertz CT molecular complexity index is 597. The van der Waals surface area contributed by atoms with Gasteiger partial charge in [0, 0.05) is 29.2 Å². The number of hydrogen-bond donors (Lipinski definition) is 3. The number of nitro groups is 1. The molecule has 0 fully saturated rings. The molecule has 4 N–H and O–H groups in total. The van der Waals surface area contributed by atoms with Crippen LogP contribution in [0.5, 0.6) is 0 Å². The summed E-state index contributed by atoms with van der Waals surface area (Å²) < 4.78 is 0. The van der Waals surface area contributed by atoms with E-state index in [-0.39, 0.29) is 5.69 Å². The van der Waals surface area contributed by atoms with Gasteiger partial charge in [0.1, 0.15) is 0 Å². The van der Waals surface area contributed by atoms with Crippen molar-refractivity contribution in [3.05, 3.63) is 50.2 Å². The van der Waals surface area contributed by atoms with Crippen LogP contribution in [0.1, 0.15) is 10.4 Å². The summed E-state index contributed by atoms with van der Waals surface area (Å²) >= 11 is 1.65. The number of anilines is 2. The highest BCUT2D eigenvalue weighted by atomic mass is 32.1. The number of nitrogens with zero attached hydrogens (tertiary/aromatic N) is 1. The van der Waals surface area contributed by atoms with E-state index < -0.39 is 4.92 Å². The first-order chi connectivity index (χ1) is 9.10. The molecule has 19 heavy (non-hydrogen) atoms. The monoisotopic (exact) mass is 278 g/mol. The lowest BCUT2D eigenvalue weighted by Crippen LogP contribution is -2.08. The number of non-ortho nitro benzene ring substituents is 1. The Hall–Kier alpha value is -2.12. The second-order valence-electron chi connectivity index (χ2n) is 4.05. The number of nitrogens with two attached hydrogens (primary N) is 1. The predicted molar refractivity (Wildman–Crippen MR) is 77.3 cm³/mol. The van der Waals surface area contributed by atoms with Crippen LogP contribution < -0.4 is 16.6 Å². The zero-order valence-electron chi connectivity index (χ0n) is 10.3. The number of hydrazine groups is 1. The molecule has 6 nitrogen and oxygen atoms in total. The van der Waals surface area contributed by atoms with Gasteiger partial charge in [-0.2, -0.15) is 0 Å². The van der Waals surface area contributed by atoms with Gasteiger partial charge in [-0.3, -0.25) is 16.0 Å². The van der Waals surface area contributed by atoms with E-state index in [0.29, 0.717) is 17.9 Å². The normalized spacial score (nSPS) is 10.2. The van der Waals surface area contributed by atoms with Gasteiger partial charge in [-0.25, -0.2) is 0 Å². The standard InChI is InChI=1S/C12H14N4O2S/c1-8-2-3-19-12(8)7-14-9-4-10(15-13)6-11(5-9)16(17)18/h2-6,14-15H,7,13H2,1H3. The van der Waals surface area contributed by atoms with E-state index in [2.05, 4.69) is 10.7 Å². The summed E-state index contributed by atoms with van der Waals surface area (Å²) in [6, 6.07) is 6.66. The molecule has 0 amide bonds. The molecular weight excluding hydrogens is 264 g/mol. The van der Waals surface area contributed by atoms with E-state index in [1.165, 1.54) is 22.6 Å². The van der Waals surface area contributed by atoms with Crippen molar-refractivity contribution < 1.29 is 4.92 Å². The molecule has 0 unspecified atom stereocenters. The van der Waals surface area contributed by atoms with Gasteiger partial charge in [0.25, 0.3) is 5.69 Å². The number of thiophene rings is 1. The Kier molecular flexibility index (Phi) is 3.98. The number of aryl methyl sites for hydroxylation is 1. The highest BCUT2D eigenvalue weighted by molar-refractivity contribution is 7.10. The number of nitrogens with one attached hydrogen (secondary N) is 2. The average Bonchev–Trinajstić information content (AvgIpc) is 2.81. The van der Waals surface area contributed by atoms with Crippen LogP contribution in [0.25, 0.3) is 0 Å². The summed E-state index contributed by atoms with van der Waals surface area (Å²) in [6.07, 6.45) is 0. The van der Waals surface area contributed by atoms with E-state index in [1.807, 2.05) is 18.4 Å². The second kappa shape index (κ2) is 5.68. The van der Waals surface area contributed by atoms with Crippen LogP contribution in [0.3, 0.4) is 0 Å². The summed E-state index contributed by atoms with van der Waals surface area (Å²) in [5.41, 5.74) is 4.80. The number of nitrogen functional groups attached to an aromatic ring is 1. The molecule has 2 aromatic rings. The smallest absolute Gasteiger partial charge is 0.273 e. The Labute approximate surface area is 114 Å². The predicted octanol–water partition coefficient (Wildman–Crippen LogP) is 2.86. The van der Waals surface area contributed by atoms with Gasteiger partial charge < -0.3 is 10.7 Å². The molecule has 1 aromatic carbocycles. The summed E-state index contributed by atoms with van der Waals surface area (Å²) in [6.45, 7) is 2.67. The molecule has 0 saturated heterocycles. The quantitative estimate of drug-likeness (QED) is 0.444. The fourth-order valence-electron chi connectivity index (χ4n) is 1.67. The lowest BCUT2D eigenvalue weighted by molar-refractivity contribution is -0.384. The molecule has 0 saturated carbocycles. The Balaban J connectivity index is 2.17. The summed E-state index contributed by atoms with van der Waals surface area (Å²) in [5, 5.41) is 16.0. The third-order valence-electron chi connectivity index (χ3n) is 2.72. The molecule has 2 rings (SSSR count). The molecular formula is C12H14N4O2S. The van der Waals surface area contributed by atoms with Crippen LogP contribution in [-0.4, -0.2) is 4.92 Å². The van der Waals surface area contributed by atoms with Gasteiger partial charge in [-0.05, 0) is 30.0 Å². The Morgan fingerprint density at radius 3 is 2.68 bits per heavy atom. The lowest BCUT2D eigenvalue weighted by Gasteiger charge is -2.08. The molecule has 1 aromatic heterocycles. The van der Waals surface area contributed by atoms with Gasteiger partial charge in [-0.1, -0.05) is 0 Å². The van der Waals surface area contributed by atoms with Crippen molar-refractivity contribution in [3.63, 3.8) is 0 Å². The van der Waals surface area contributed by atoms with E-state index in [4.69, 9.17) is 5.84 Å². The van der Waals surface area contributed by atoms with E-state index in [9.17, 15) is 10.1 Å². The van der Waals surface area contributed by atoms with Gasteiger partial charge in [-0.15, -0.1) is 11.3 Å². The lowest BCUT2D eigenvalue weighted by atomic mass is 10.2. The molecule has 0 radical (unpaired) electrons. The maximum atomic E-state index is 10.8. The van der Waals surface area contributed by atoms with Gasteiger partial charge >= 0.3 is 0 Å². The van der Waals surface area contributed by atoms with Crippen molar-refractivity contribution in [1.82, 2.24) is 0 Å². The summed E-state index contributed by atoms with van der Waals surface area (Å²) in [4.78, 5) is 11.6. The van der Waals surface area contributed by atoms with Crippen molar-refractivity contribution in [3.8, 4) is 0 Å². The molecule has 0 bridgehead atoms. The highest BCUT2D eigenvalue weighted by Crippen LogP contribution is 2.25. The third kappa shape index (κ3) is 3.21. The zero-order valence-corrected chi connectivity index (χ0v) is 11.2. The van der Waals surface area contributed by atoms with Crippen LogP contribution >= 0.6 is 11.3 Å². The van der Waals surface area contributed by atoms with Gasteiger partial charge in [0.05, 0.1) is 10.6 Å². The largest absolute Gasteiger partial charge is 0.380 e. The first-order valence-electron chi connectivity index (χ1n) is 5.63. The van der Waals surface area contributed by atoms with Crippen molar-refractivity contribution >= 4 is 28.4 Å². The Morgan fingerprint density at radius 2 is 2.11 bits per heavy atom. The molecule has 100 valence electrons. The van der Waals surface area contributed by atoms with Crippen molar-refractivity contribution in [2.75, 3.05) is 10.7 Å². The second-order valence-corrected chi connectivity index (χ2v) is 5.05. The number of benzene rings is 1. The van der Waals surface area contributed by atoms with Crippen LogP contribution in [0.15, 0.2) is 29.6 Å². The maximum Gasteiger partial charge on any atom is 0.273 e. The molecule has 0 spiro atoms. The van der Waals surface area contributed by atoms with Crippen molar-refractivity contribution in [1.29, 1.82) is 0 Å². The van der Waals surface area contributed by atoms with Crippen molar-refractivity contribution in [2.24, 2.45) is 5.84 Å². The number of rotatable bonds is 5. The molecule has 7 heteroatoms. The fourth-order valence-corrected chi connectivity index (χ4v) is 2.52. The zero-order chi connectivity index (χ0) is 13.8. The van der Waals surface area contributed by atoms with Crippen molar-refractivity contribution in [2.45, 2.75) is 13.5 Å². The minimum Gasteiger partial charge on any atom is -0.380 e. The molecule has 0 atom stereocenters. The number of nitro benzene ring substituents is 1. The van der Waals surface area contributed by atoms with E-state index in [0.717, 1.165) is 0 Å². The SMILES string of the molecule is Cc1ccsc1CNc1cc(NN)cc([N+](=O)[O-])c1. The first kappa shape index (κ1) is 13.3. The summed E-state index contributed by atoms with van der Waals surface area (Å²) in [7, 11) is 0.